The molecule has 9 nitrogen and oxygen atoms in total. The normalized spacial score (nSPS) is 15.8. The van der Waals surface area contributed by atoms with Crippen LogP contribution in [-0.2, 0) is 24.3 Å². The Balaban J connectivity index is 1.60. The number of anilines is 2. The van der Waals surface area contributed by atoms with Crippen molar-refractivity contribution in [3.8, 4) is 0 Å². The third-order valence-electron chi connectivity index (χ3n) is 5.20. The van der Waals surface area contributed by atoms with Gasteiger partial charge in [-0.3, -0.25) is 14.5 Å². The second kappa shape index (κ2) is 10.7. The van der Waals surface area contributed by atoms with Crippen LogP contribution < -0.4 is 10.6 Å². The number of sulfonamides is 1. The average Bonchev–Trinajstić information content (AvgIpc) is 2.79. The van der Waals surface area contributed by atoms with Gasteiger partial charge >= 0.3 is 0 Å². The molecule has 2 aromatic carbocycles. The highest BCUT2D eigenvalue weighted by Crippen LogP contribution is 2.21. The Kier molecular flexibility index (Phi) is 7.97. The highest BCUT2D eigenvalue weighted by atomic mass is 32.2. The van der Waals surface area contributed by atoms with Gasteiger partial charge in [-0.25, -0.2) is 8.42 Å². The number of hydrogen-bond acceptors (Lipinski definition) is 6. The SMILES string of the molecule is CC(C(=O)Nc1cccc(S(=O)(=O)N2CCOCC2)c1)N(C)CC(=O)Nc1ccccc1. The molecule has 1 aliphatic rings. The Morgan fingerprint density at radius 1 is 1.03 bits per heavy atom. The fraction of sp³-hybridized carbons (Fsp3) is 0.364. The van der Waals surface area contributed by atoms with Gasteiger partial charge in [0, 0.05) is 24.5 Å². The van der Waals surface area contributed by atoms with Crippen LogP contribution in [-0.4, -0.2) is 75.4 Å². The molecular formula is C22H28N4O5S. The number of carbonyl (C=O) groups is 2. The van der Waals surface area contributed by atoms with Crippen molar-refractivity contribution in [3.05, 3.63) is 54.6 Å². The van der Waals surface area contributed by atoms with Crippen molar-refractivity contribution in [1.82, 2.24) is 9.21 Å². The summed E-state index contributed by atoms with van der Waals surface area (Å²) in [6, 6.07) is 14.6. The van der Waals surface area contributed by atoms with Crippen LogP contribution in [0.2, 0.25) is 0 Å². The molecule has 172 valence electrons. The Hall–Kier alpha value is -2.79. The van der Waals surface area contributed by atoms with E-state index in [1.165, 1.54) is 16.4 Å². The molecule has 0 aromatic heterocycles. The van der Waals surface area contributed by atoms with E-state index in [1.807, 2.05) is 18.2 Å². The van der Waals surface area contributed by atoms with Gasteiger partial charge in [-0.1, -0.05) is 24.3 Å². The second-order valence-corrected chi connectivity index (χ2v) is 9.48. The van der Waals surface area contributed by atoms with Crippen molar-refractivity contribution in [2.24, 2.45) is 0 Å². The van der Waals surface area contributed by atoms with Crippen LogP contribution in [0.5, 0.6) is 0 Å². The van der Waals surface area contributed by atoms with Gasteiger partial charge in [0.2, 0.25) is 21.8 Å². The zero-order valence-corrected chi connectivity index (χ0v) is 19.0. The Labute approximate surface area is 188 Å². The number of ether oxygens (including phenoxy) is 1. The van der Waals surface area contributed by atoms with Gasteiger partial charge in [-0.05, 0) is 44.3 Å². The van der Waals surface area contributed by atoms with Gasteiger partial charge in [0.05, 0.1) is 30.7 Å². The number of rotatable bonds is 8. The highest BCUT2D eigenvalue weighted by molar-refractivity contribution is 7.89. The van der Waals surface area contributed by atoms with Gasteiger partial charge < -0.3 is 15.4 Å². The fourth-order valence-electron chi connectivity index (χ4n) is 3.20. The van der Waals surface area contributed by atoms with E-state index in [1.54, 1.807) is 43.1 Å². The summed E-state index contributed by atoms with van der Waals surface area (Å²) in [7, 11) is -1.99. The van der Waals surface area contributed by atoms with Crippen LogP contribution in [0.25, 0.3) is 0 Å². The topological polar surface area (TPSA) is 108 Å². The zero-order valence-electron chi connectivity index (χ0n) is 18.2. The summed E-state index contributed by atoms with van der Waals surface area (Å²) in [6.45, 7) is 3.01. The first kappa shape index (κ1) is 23.9. The summed E-state index contributed by atoms with van der Waals surface area (Å²) in [5.41, 5.74) is 1.06. The fourth-order valence-corrected chi connectivity index (χ4v) is 4.66. The first-order valence-electron chi connectivity index (χ1n) is 10.3. The molecule has 3 rings (SSSR count). The maximum absolute atomic E-state index is 12.8. The van der Waals surface area contributed by atoms with E-state index in [4.69, 9.17) is 4.74 Å². The third kappa shape index (κ3) is 6.13. The van der Waals surface area contributed by atoms with Crippen LogP contribution >= 0.6 is 0 Å². The van der Waals surface area contributed by atoms with E-state index in [2.05, 4.69) is 10.6 Å². The number of benzene rings is 2. The van der Waals surface area contributed by atoms with Gasteiger partial charge in [0.15, 0.2) is 0 Å². The summed E-state index contributed by atoms with van der Waals surface area (Å²) in [4.78, 5) is 26.7. The minimum atomic E-state index is -3.66. The summed E-state index contributed by atoms with van der Waals surface area (Å²) >= 11 is 0. The van der Waals surface area contributed by atoms with E-state index < -0.39 is 16.1 Å². The first-order chi connectivity index (χ1) is 15.3. The lowest BCUT2D eigenvalue weighted by Gasteiger charge is -2.26. The van der Waals surface area contributed by atoms with Gasteiger partial charge in [0.25, 0.3) is 0 Å². The van der Waals surface area contributed by atoms with Gasteiger partial charge in [-0.2, -0.15) is 4.31 Å². The molecule has 1 heterocycles. The molecule has 1 saturated heterocycles. The number of nitrogens with one attached hydrogen (secondary N) is 2. The smallest absolute Gasteiger partial charge is 0.243 e. The monoisotopic (exact) mass is 460 g/mol. The summed E-state index contributed by atoms with van der Waals surface area (Å²) in [5, 5.41) is 5.52. The van der Waals surface area contributed by atoms with Crippen LogP contribution in [0, 0.1) is 0 Å². The number of morpholine rings is 1. The molecular weight excluding hydrogens is 432 g/mol. The first-order valence-corrected chi connectivity index (χ1v) is 11.8. The minimum Gasteiger partial charge on any atom is -0.379 e. The molecule has 0 bridgehead atoms. The highest BCUT2D eigenvalue weighted by Gasteiger charge is 2.27. The number of likely N-dealkylation sites (N-methyl/N-ethyl adjacent to an activating group) is 1. The van der Waals surface area contributed by atoms with Crippen LogP contribution in [0.3, 0.4) is 0 Å². The molecule has 0 spiro atoms. The molecule has 1 aliphatic heterocycles. The number of amides is 2. The van der Waals surface area contributed by atoms with Crippen LogP contribution in [0.1, 0.15) is 6.92 Å². The molecule has 10 heteroatoms. The Morgan fingerprint density at radius 3 is 2.38 bits per heavy atom. The third-order valence-corrected chi connectivity index (χ3v) is 7.10. The van der Waals surface area contributed by atoms with E-state index in [0.717, 1.165) is 0 Å². The van der Waals surface area contributed by atoms with Crippen molar-refractivity contribution in [3.63, 3.8) is 0 Å². The summed E-state index contributed by atoms with van der Waals surface area (Å²) in [5.74, 6) is -0.585. The minimum absolute atomic E-state index is 0.0227. The Bertz CT molecular complexity index is 1040. The lowest BCUT2D eigenvalue weighted by Crippen LogP contribution is -2.43. The average molecular weight is 461 g/mol. The van der Waals surface area contributed by atoms with Crippen molar-refractivity contribution in [2.45, 2.75) is 17.9 Å². The van der Waals surface area contributed by atoms with E-state index in [0.29, 0.717) is 37.7 Å². The van der Waals surface area contributed by atoms with Crippen molar-refractivity contribution in [1.29, 1.82) is 0 Å². The predicted octanol–water partition coefficient (Wildman–Crippen LogP) is 1.60. The molecule has 0 radical (unpaired) electrons. The van der Waals surface area contributed by atoms with E-state index in [9.17, 15) is 18.0 Å². The molecule has 1 unspecified atom stereocenters. The molecule has 1 fully saturated rings. The van der Waals surface area contributed by atoms with Crippen molar-refractivity contribution < 1.29 is 22.7 Å². The molecule has 0 aliphatic carbocycles. The zero-order chi connectivity index (χ0) is 23.1. The van der Waals surface area contributed by atoms with E-state index in [-0.39, 0.29) is 23.3 Å². The molecule has 2 N–H and O–H groups in total. The molecule has 32 heavy (non-hydrogen) atoms. The number of hydrogen-bond donors (Lipinski definition) is 2. The van der Waals surface area contributed by atoms with Gasteiger partial charge in [-0.15, -0.1) is 0 Å². The maximum atomic E-state index is 12.8. The standard InChI is InChI=1S/C22H28N4O5S/c1-17(25(2)16-21(27)23-18-7-4-3-5-8-18)22(28)24-19-9-6-10-20(15-19)32(29,30)26-11-13-31-14-12-26/h3-10,15,17H,11-14,16H2,1-2H3,(H,23,27)(H,24,28). The quantitative estimate of drug-likeness (QED) is 0.620. The predicted molar refractivity (Wildman–Crippen MR) is 122 cm³/mol. The number of nitrogens with zero attached hydrogens (tertiary/aromatic N) is 2. The Morgan fingerprint density at radius 2 is 1.69 bits per heavy atom. The largest absolute Gasteiger partial charge is 0.379 e. The summed E-state index contributed by atoms with van der Waals surface area (Å²) < 4.78 is 32.3. The maximum Gasteiger partial charge on any atom is 0.243 e. The molecule has 2 amide bonds. The van der Waals surface area contributed by atoms with E-state index >= 15 is 0 Å². The number of carbonyl (C=O) groups excluding carboxylic acids is 2. The lowest BCUT2D eigenvalue weighted by atomic mass is 10.2. The van der Waals surface area contributed by atoms with Gasteiger partial charge in [0.1, 0.15) is 0 Å². The lowest BCUT2D eigenvalue weighted by molar-refractivity contribution is -0.122. The van der Waals surface area contributed by atoms with Crippen molar-refractivity contribution >= 4 is 33.2 Å². The number of para-hydroxylation sites is 1. The van der Waals surface area contributed by atoms with Crippen molar-refractivity contribution in [2.75, 3.05) is 50.5 Å². The molecule has 2 aromatic rings. The van der Waals surface area contributed by atoms with Crippen LogP contribution in [0.15, 0.2) is 59.5 Å². The summed E-state index contributed by atoms with van der Waals surface area (Å²) in [6.07, 6.45) is 0. The molecule has 0 saturated carbocycles. The molecule has 1 atom stereocenters. The van der Waals surface area contributed by atoms with Crippen LogP contribution in [0.4, 0.5) is 11.4 Å². The second-order valence-electron chi connectivity index (χ2n) is 7.54.